The zero-order valence-corrected chi connectivity index (χ0v) is 28.3. The Bertz CT molecular complexity index is 1280. The van der Waals surface area contributed by atoms with Crippen molar-refractivity contribution in [3.63, 3.8) is 0 Å². The van der Waals surface area contributed by atoms with E-state index in [1.54, 1.807) is 0 Å². The average Bonchev–Trinajstić information content (AvgIpc) is 3.45. The van der Waals surface area contributed by atoms with Gasteiger partial charge in [0, 0.05) is 22.7 Å². The first kappa shape index (κ1) is 32.7. The molecule has 2 aromatic rings. The minimum absolute atomic E-state index is 0.00608. The maximum atomic E-state index is 17.2. The van der Waals surface area contributed by atoms with Gasteiger partial charge in [0.1, 0.15) is 0 Å². The van der Waals surface area contributed by atoms with E-state index in [1.807, 2.05) is 0 Å². The molecule has 1 aromatic heterocycles. The standard InChI is InChI=1S/C36H51F4NOSi/c1-34(2,3)43(6,7)42-28-22-35(4,5)21-27-30(28)29(23-13-9-8-10-14-23)31(33(41-27)25-15-11-12-16-25)32(37)24-17-19-26(20-18-24)36(38,39)40/h17-20,23,25,28,32H,8-16,21-22H2,1-7H3/t28-,32?/m0/s1. The fourth-order valence-electron chi connectivity index (χ4n) is 7.58. The van der Waals surface area contributed by atoms with Crippen molar-refractivity contribution in [2.75, 3.05) is 0 Å². The lowest BCUT2D eigenvalue weighted by Gasteiger charge is -2.46. The number of nitrogens with zero attached hydrogens (tertiary/aromatic N) is 1. The average molecular weight is 618 g/mol. The second kappa shape index (κ2) is 11.9. The highest BCUT2D eigenvalue weighted by Crippen LogP contribution is 2.54. The van der Waals surface area contributed by atoms with Gasteiger partial charge in [-0.15, -0.1) is 0 Å². The van der Waals surface area contributed by atoms with Crippen LogP contribution in [0.4, 0.5) is 17.6 Å². The van der Waals surface area contributed by atoms with Crippen molar-refractivity contribution in [3.05, 3.63) is 63.5 Å². The molecule has 7 heteroatoms. The Morgan fingerprint density at radius 3 is 1.98 bits per heavy atom. The molecule has 0 aliphatic heterocycles. The summed E-state index contributed by atoms with van der Waals surface area (Å²) in [6, 6.07) is 4.72. The second-order valence-corrected chi connectivity index (χ2v) is 20.7. The van der Waals surface area contributed by atoms with Gasteiger partial charge in [0.25, 0.3) is 0 Å². The van der Waals surface area contributed by atoms with E-state index in [1.165, 1.54) is 18.6 Å². The van der Waals surface area contributed by atoms with Crippen LogP contribution >= 0.6 is 0 Å². The van der Waals surface area contributed by atoms with E-state index >= 15 is 4.39 Å². The molecule has 3 aliphatic carbocycles. The van der Waals surface area contributed by atoms with Crippen LogP contribution < -0.4 is 0 Å². The van der Waals surface area contributed by atoms with Crippen molar-refractivity contribution >= 4 is 8.32 Å². The predicted molar refractivity (Wildman–Crippen MR) is 169 cm³/mol. The Morgan fingerprint density at radius 2 is 1.42 bits per heavy atom. The Labute approximate surface area is 257 Å². The molecule has 238 valence electrons. The summed E-state index contributed by atoms with van der Waals surface area (Å²) in [4.78, 5) is 5.41. The molecular weight excluding hydrogens is 566 g/mol. The minimum Gasteiger partial charge on any atom is -0.410 e. The Hall–Kier alpha value is -1.73. The molecule has 3 aliphatic rings. The second-order valence-electron chi connectivity index (χ2n) is 15.9. The summed E-state index contributed by atoms with van der Waals surface area (Å²) in [5.41, 5.74) is 4.33. The fraction of sp³-hybridized carbons (Fsp3) is 0.694. The first-order valence-corrected chi connectivity index (χ1v) is 19.4. The van der Waals surface area contributed by atoms with Gasteiger partial charge in [0.05, 0.1) is 17.4 Å². The van der Waals surface area contributed by atoms with Crippen molar-refractivity contribution in [2.24, 2.45) is 5.41 Å². The summed E-state index contributed by atoms with van der Waals surface area (Å²) in [5.74, 6) is 0.389. The molecule has 1 unspecified atom stereocenters. The number of hydrogen-bond acceptors (Lipinski definition) is 2. The first-order valence-electron chi connectivity index (χ1n) is 16.5. The van der Waals surface area contributed by atoms with Crippen molar-refractivity contribution in [1.29, 1.82) is 0 Å². The smallest absolute Gasteiger partial charge is 0.410 e. The molecular formula is C36H51F4NOSi. The van der Waals surface area contributed by atoms with Crippen LogP contribution in [0.1, 0.15) is 162 Å². The first-order chi connectivity index (χ1) is 20.0. The van der Waals surface area contributed by atoms with Crippen molar-refractivity contribution in [2.45, 2.75) is 154 Å². The lowest BCUT2D eigenvalue weighted by atomic mass is 9.69. The van der Waals surface area contributed by atoms with Crippen LogP contribution in [0.5, 0.6) is 0 Å². The molecule has 0 radical (unpaired) electrons. The summed E-state index contributed by atoms with van der Waals surface area (Å²) in [6.45, 7) is 15.9. The molecule has 0 N–H and O–H groups in total. The highest BCUT2D eigenvalue weighted by atomic mass is 28.4. The third kappa shape index (κ3) is 6.78. The highest BCUT2D eigenvalue weighted by molar-refractivity contribution is 6.74. The SMILES string of the molecule is CC1(C)Cc2nc(C3CCCC3)c(C(F)c3ccc(C(F)(F)F)cc3)c(C3CCCCC3)c2[C@@H](O[Si](C)(C)C(C)(C)C)C1. The molecule has 0 amide bonds. The number of rotatable bonds is 6. The summed E-state index contributed by atoms with van der Waals surface area (Å²) in [7, 11) is -2.20. The van der Waals surface area contributed by atoms with E-state index in [9.17, 15) is 13.2 Å². The minimum atomic E-state index is -4.46. The van der Waals surface area contributed by atoms with Crippen LogP contribution in [-0.2, 0) is 17.0 Å². The fourth-order valence-corrected chi connectivity index (χ4v) is 8.84. The zero-order valence-electron chi connectivity index (χ0n) is 27.3. The van der Waals surface area contributed by atoms with E-state index in [2.05, 4.69) is 47.7 Å². The van der Waals surface area contributed by atoms with Gasteiger partial charge in [-0.2, -0.15) is 13.2 Å². The van der Waals surface area contributed by atoms with Gasteiger partial charge in [-0.1, -0.05) is 78.9 Å². The molecule has 2 fully saturated rings. The molecule has 5 rings (SSSR count). The van der Waals surface area contributed by atoms with E-state index in [0.29, 0.717) is 5.56 Å². The number of alkyl halides is 4. The molecule has 1 aromatic carbocycles. The molecule has 0 spiro atoms. The molecule has 43 heavy (non-hydrogen) atoms. The predicted octanol–water partition coefficient (Wildman–Crippen LogP) is 11.9. The summed E-state index contributed by atoms with van der Waals surface area (Å²) in [6.07, 6.45) is 5.10. The quantitative estimate of drug-likeness (QED) is 0.238. The Morgan fingerprint density at radius 1 is 0.860 bits per heavy atom. The molecule has 1 heterocycles. The summed E-state index contributed by atoms with van der Waals surface area (Å²) < 4.78 is 64.7. The largest absolute Gasteiger partial charge is 0.416 e. The number of hydrogen-bond donors (Lipinski definition) is 0. The third-order valence-electron chi connectivity index (χ3n) is 10.9. The lowest BCUT2D eigenvalue weighted by Crippen LogP contribution is -2.44. The monoisotopic (exact) mass is 617 g/mol. The molecule has 0 bridgehead atoms. The van der Waals surface area contributed by atoms with E-state index in [0.717, 1.165) is 98.9 Å². The number of fused-ring (bicyclic) bond motifs is 1. The highest BCUT2D eigenvalue weighted by Gasteiger charge is 2.46. The normalized spacial score (nSPS) is 22.9. The summed E-state index contributed by atoms with van der Waals surface area (Å²) in [5, 5.41) is 0.0165. The van der Waals surface area contributed by atoms with Gasteiger partial charge in [0.15, 0.2) is 14.5 Å². The van der Waals surface area contributed by atoms with E-state index in [4.69, 9.17) is 9.41 Å². The van der Waals surface area contributed by atoms with Crippen molar-refractivity contribution < 1.29 is 22.0 Å². The van der Waals surface area contributed by atoms with Gasteiger partial charge in [-0.05, 0) is 91.2 Å². The molecule has 0 saturated heterocycles. The van der Waals surface area contributed by atoms with Crippen LogP contribution in [0.15, 0.2) is 24.3 Å². The van der Waals surface area contributed by atoms with Crippen molar-refractivity contribution in [1.82, 2.24) is 4.98 Å². The Balaban J connectivity index is 1.75. The topological polar surface area (TPSA) is 22.1 Å². The van der Waals surface area contributed by atoms with Crippen LogP contribution in [0, 0.1) is 5.41 Å². The molecule has 2 nitrogen and oxygen atoms in total. The van der Waals surface area contributed by atoms with Crippen LogP contribution in [-0.4, -0.2) is 13.3 Å². The van der Waals surface area contributed by atoms with E-state index < -0.39 is 26.2 Å². The molecule has 2 atom stereocenters. The Kier molecular flexibility index (Phi) is 9.03. The molecule has 2 saturated carbocycles. The summed E-state index contributed by atoms with van der Waals surface area (Å²) >= 11 is 0. The number of benzene rings is 1. The van der Waals surface area contributed by atoms with Gasteiger partial charge in [-0.3, -0.25) is 4.98 Å². The maximum absolute atomic E-state index is 17.2. The van der Waals surface area contributed by atoms with Crippen molar-refractivity contribution in [3.8, 4) is 0 Å². The van der Waals surface area contributed by atoms with Gasteiger partial charge in [0.2, 0.25) is 0 Å². The lowest BCUT2D eigenvalue weighted by molar-refractivity contribution is -0.137. The van der Waals surface area contributed by atoms with Gasteiger partial charge < -0.3 is 4.43 Å². The van der Waals surface area contributed by atoms with Crippen LogP contribution in [0.2, 0.25) is 18.1 Å². The van der Waals surface area contributed by atoms with E-state index in [-0.39, 0.29) is 34.0 Å². The number of halogens is 4. The third-order valence-corrected chi connectivity index (χ3v) is 15.4. The zero-order chi connectivity index (χ0) is 31.4. The van der Waals surface area contributed by atoms with Gasteiger partial charge >= 0.3 is 6.18 Å². The number of aromatic nitrogens is 1. The maximum Gasteiger partial charge on any atom is 0.416 e. The van der Waals surface area contributed by atoms with Crippen LogP contribution in [0.3, 0.4) is 0 Å². The van der Waals surface area contributed by atoms with Gasteiger partial charge in [-0.25, -0.2) is 4.39 Å². The number of pyridine rings is 1. The van der Waals surface area contributed by atoms with Crippen LogP contribution in [0.25, 0.3) is 0 Å².